The van der Waals surface area contributed by atoms with Gasteiger partial charge in [0.15, 0.2) is 0 Å². The van der Waals surface area contributed by atoms with Crippen molar-refractivity contribution in [2.24, 2.45) is 5.92 Å². The lowest BCUT2D eigenvalue weighted by molar-refractivity contribution is 0.0945. The van der Waals surface area contributed by atoms with Gasteiger partial charge >= 0.3 is 0 Å². The highest BCUT2D eigenvalue weighted by Gasteiger charge is 2.19. The van der Waals surface area contributed by atoms with Crippen molar-refractivity contribution in [3.8, 4) is 0 Å². The molecule has 0 unspecified atom stereocenters. The van der Waals surface area contributed by atoms with Gasteiger partial charge in [0.25, 0.3) is 5.91 Å². The van der Waals surface area contributed by atoms with Crippen LogP contribution in [0.2, 0.25) is 0 Å². The molecule has 1 amide bonds. The highest BCUT2D eigenvalue weighted by molar-refractivity contribution is 5.92. The van der Waals surface area contributed by atoms with E-state index in [0.29, 0.717) is 18.2 Å². The van der Waals surface area contributed by atoms with E-state index in [9.17, 15) is 4.79 Å². The molecule has 1 saturated heterocycles. The number of carbonyl (C=O) groups excluding carboxylic acids is 1. The fraction of sp³-hybridized carbons (Fsp3) is 0.421. The van der Waals surface area contributed by atoms with E-state index in [2.05, 4.69) is 33.2 Å². The molecule has 1 aromatic carbocycles. The number of anilines is 1. The normalized spacial score (nSPS) is 15.3. The molecule has 126 valence electrons. The molecular formula is C19H24N4O. The number of rotatable bonds is 4. The first-order valence-electron chi connectivity index (χ1n) is 8.53. The molecule has 1 aliphatic rings. The van der Waals surface area contributed by atoms with Gasteiger partial charge < -0.3 is 10.2 Å². The maximum absolute atomic E-state index is 12.4. The Bertz CT molecular complexity index is 708. The summed E-state index contributed by atoms with van der Waals surface area (Å²) in [4.78, 5) is 23.3. The Kier molecular flexibility index (Phi) is 5.08. The largest absolute Gasteiger partial charge is 0.347 e. The molecule has 1 fully saturated rings. The van der Waals surface area contributed by atoms with Crippen LogP contribution in [0.1, 0.15) is 41.4 Å². The first-order chi connectivity index (χ1) is 11.6. The van der Waals surface area contributed by atoms with Crippen LogP contribution in [0.15, 0.2) is 36.5 Å². The Morgan fingerprint density at radius 3 is 2.83 bits per heavy atom. The number of benzene rings is 1. The number of aryl methyl sites for hydroxylation is 1. The van der Waals surface area contributed by atoms with E-state index < -0.39 is 0 Å². The van der Waals surface area contributed by atoms with Gasteiger partial charge in [-0.1, -0.05) is 36.8 Å². The predicted octanol–water partition coefficient (Wildman–Crippen LogP) is 2.95. The van der Waals surface area contributed by atoms with Crippen molar-refractivity contribution in [3.05, 3.63) is 53.3 Å². The number of piperidine rings is 1. The predicted molar refractivity (Wildman–Crippen MR) is 95.0 cm³/mol. The summed E-state index contributed by atoms with van der Waals surface area (Å²) >= 11 is 0. The summed E-state index contributed by atoms with van der Waals surface area (Å²) in [5, 5.41) is 2.93. The third-order valence-electron chi connectivity index (χ3n) is 4.48. The number of carbonyl (C=O) groups is 1. The highest BCUT2D eigenvalue weighted by Crippen LogP contribution is 2.19. The molecule has 1 aliphatic heterocycles. The van der Waals surface area contributed by atoms with Gasteiger partial charge in [0, 0.05) is 25.8 Å². The molecular weight excluding hydrogens is 300 g/mol. The fourth-order valence-corrected chi connectivity index (χ4v) is 2.93. The van der Waals surface area contributed by atoms with Crippen molar-refractivity contribution in [1.29, 1.82) is 0 Å². The van der Waals surface area contributed by atoms with Crippen LogP contribution in [0.25, 0.3) is 0 Å². The highest BCUT2D eigenvalue weighted by atomic mass is 16.1. The lowest BCUT2D eigenvalue weighted by atomic mass is 10.00. The number of hydrogen-bond donors (Lipinski definition) is 1. The standard InChI is InChI=1S/C19H24N4O/c1-14-7-10-23(11-8-14)19-20-9-6-17(22-19)18(24)21-13-16-5-3-4-15(2)12-16/h3-6,9,12,14H,7-8,10-11,13H2,1-2H3,(H,21,24). The van der Waals surface area contributed by atoms with Crippen LogP contribution >= 0.6 is 0 Å². The van der Waals surface area contributed by atoms with Crippen molar-refractivity contribution in [2.45, 2.75) is 33.2 Å². The monoisotopic (exact) mass is 324 g/mol. The fourth-order valence-electron chi connectivity index (χ4n) is 2.93. The summed E-state index contributed by atoms with van der Waals surface area (Å²) in [6.45, 7) is 6.72. The molecule has 3 rings (SSSR count). The van der Waals surface area contributed by atoms with Crippen LogP contribution in [-0.2, 0) is 6.54 Å². The van der Waals surface area contributed by atoms with E-state index in [-0.39, 0.29) is 5.91 Å². The summed E-state index contributed by atoms with van der Waals surface area (Å²) in [5.74, 6) is 1.25. The smallest absolute Gasteiger partial charge is 0.270 e. The average molecular weight is 324 g/mol. The van der Waals surface area contributed by atoms with Gasteiger partial charge in [0.1, 0.15) is 5.69 Å². The maximum Gasteiger partial charge on any atom is 0.270 e. The Labute approximate surface area is 143 Å². The minimum Gasteiger partial charge on any atom is -0.347 e. The second kappa shape index (κ2) is 7.43. The molecule has 0 spiro atoms. The van der Waals surface area contributed by atoms with Crippen molar-refractivity contribution >= 4 is 11.9 Å². The SMILES string of the molecule is Cc1cccc(CNC(=O)c2ccnc(N3CCC(C)CC3)n2)c1. The van der Waals surface area contributed by atoms with Gasteiger partial charge in [-0.05, 0) is 37.3 Å². The third kappa shape index (κ3) is 4.10. The Morgan fingerprint density at radius 1 is 1.29 bits per heavy atom. The summed E-state index contributed by atoms with van der Waals surface area (Å²) in [6.07, 6.45) is 3.96. The lowest BCUT2D eigenvalue weighted by Crippen LogP contribution is -2.34. The van der Waals surface area contributed by atoms with E-state index >= 15 is 0 Å². The van der Waals surface area contributed by atoms with Gasteiger partial charge in [0.05, 0.1) is 0 Å². The molecule has 1 N–H and O–H groups in total. The van der Waals surface area contributed by atoms with Crippen molar-refractivity contribution < 1.29 is 4.79 Å². The first kappa shape index (κ1) is 16.4. The molecule has 1 aromatic heterocycles. The minimum absolute atomic E-state index is 0.162. The second-order valence-electron chi connectivity index (χ2n) is 6.58. The summed E-state index contributed by atoms with van der Waals surface area (Å²) in [5.41, 5.74) is 2.69. The van der Waals surface area contributed by atoms with E-state index in [0.717, 1.165) is 37.4 Å². The Morgan fingerprint density at radius 2 is 2.08 bits per heavy atom. The van der Waals surface area contributed by atoms with Gasteiger partial charge in [0.2, 0.25) is 5.95 Å². The van der Waals surface area contributed by atoms with Crippen LogP contribution < -0.4 is 10.2 Å². The van der Waals surface area contributed by atoms with Gasteiger partial charge in [-0.3, -0.25) is 4.79 Å². The zero-order chi connectivity index (χ0) is 16.9. The topological polar surface area (TPSA) is 58.1 Å². The van der Waals surface area contributed by atoms with E-state index in [1.54, 1.807) is 12.3 Å². The molecule has 0 saturated carbocycles. The van der Waals surface area contributed by atoms with Crippen LogP contribution in [0.3, 0.4) is 0 Å². The van der Waals surface area contributed by atoms with Gasteiger partial charge in [-0.2, -0.15) is 0 Å². The third-order valence-corrected chi connectivity index (χ3v) is 4.48. The molecule has 0 bridgehead atoms. The van der Waals surface area contributed by atoms with Crippen molar-refractivity contribution in [1.82, 2.24) is 15.3 Å². The minimum atomic E-state index is -0.162. The molecule has 2 aromatic rings. The summed E-state index contributed by atoms with van der Waals surface area (Å²) in [7, 11) is 0. The zero-order valence-electron chi connectivity index (χ0n) is 14.3. The van der Waals surface area contributed by atoms with Crippen LogP contribution in [0.5, 0.6) is 0 Å². The van der Waals surface area contributed by atoms with Crippen molar-refractivity contribution in [3.63, 3.8) is 0 Å². The Hall–Kier alpha value is -2.43. The molecule has 0 atom stereocenters. The molecule has 5 heteroatoms. The van der Waals surface area contributed by atoms with Crippen LogP contribution in [-0.4, -0.2) is 29.0 Å². The van der Waals surface area contributed by atoms with Crippen LogP contribution in [0.4, 0.5) is 5.95 Å². The number of amides is 1. The average Bonchev–Trinajstić information content (AvgIpc) is 2.60. The number of nitrogens with zero attached hydrogens (tertiary/aromatic N) is 3. The molecule has 0 aliphatic carbocycles. The zero-order valence-corrected chi connectivity index (χ0v) is 14.3. The molecule has 2 heterocycles. The lowest BCUT2D eigenvalue weighted by Gasteiger charge is -2.30. The molecule has 24 heavy (non-hydrogen) atoms. The molecule has 5 nitrogen and oxygen atoms in total. The van der Waals surface area contributed by atoms with Crippen LogP contribution in [0, 0.1) is 12.8 Å². The number of aromatic nitrogens is 2. The van der Waals surface area contributed by atoms with Gasteiger partial charge in [-0.25, -0.2) is 9.97 Å². The number of hydrogen-bond acceptors (Lipinski definition) is 4. The van der Waals surface area contributed by atoms with Gasteiger partial charge in [-0.15, -0.1) is 0 Å². The second-order valence-corrected chi connectivity index (χ2v) is 6.58. The van der Waals surface area contributed by atoms with Crippen molar-refractivity contribution in [2.75, 3.05) is 18.0 Å². The summed E-state index contributed by atoms with van der Waals surface area (Å²) in [6, 6.07) is 9.79. The number of nitrogens with one attached hydrogen (secondary N) is 1. The first-order valence-corrected chi connectivity index (χ1v) is 8.53. The maximum atomic E-state index is 12.4. The summed E-state index contributed by atoms with van der Waals surface area (Å²) < 4.78 is 0. The Balaban J connectivity index is 1.63. The molecule has 0 radical (unpaired) electrons. The van der Waals surface area contributed by atoms with E-state index in [1.807, 2.05) is 25.1 Å². The van der Waals surface area contributed by atoms with E-state index in [1.165, 1.54) is 5.56 Å². The quantitative estimate of drug-likeness (QED) is 0.939. The van der Waals surface area contributed by atoms with E-state index in [4.69, 9.17) is 0 Å².